The maximum Gasteiger partial charge on any atom is 0.261 e. The van der Waals surface area contributed by atoms with E-state index < -0.39 is 0 Å². The zero-order valence-corrected chi connectivity index (χ0v) is 12.5. The lowest BCUT2D eigenvalue weighted by molar-refractivity contribution is -0.114. The van der Waals surface area contributed by atoms with Gasteiger partial charge in [-0.05, 0) is 17.7 Å². The summed E-state index contributed by atoms with van der Waals surface area (Å²) in [4.78, 5) is 27.5. The fourth-order valence-corrected chi connectivity index (χ4v) is 2.48. The molecule has 0 radical (unpaired) electrons. The van der Waals surface area contributed by atoms with Crippen molar-refractivity contribution in [2.45, 2.75) is 13.5 Å². The van der Waals surface area contributed by atoms with Gasteiger partial charge in [0.15, 0.2) is 0 Å². The molecule has 0 unspecified atom stereocenters. The number of rotatable bonds is 5. The van der Waals surface area contributed by atoms with E-state index >= 15 is 0 Å². The quantitative estimate of drug-likeness (QED) is 0.886. The summed E-state index contributed by atoms with van der Waals surface area (Å²) in [6.45, 7) is 1.80. The fourth-order valence-electron chi connectivity index (χ4n) is 1.61. The predicted molar refractivity (Wildman–Crippen MR) is 80.6 cm³/mol. The van der Waals surface area contributed by atoms with E-state index in [0.717, 1.165) is 5.56 Å². The standard InChI is InChI=1S/C14H15N3O3S/c1-9(18)17-13-6-4-11(21-13)14(19)16-8-10-3-5-12(20-2)15-7-10/h3-7H,8H2,1-2H3,(H,16,19)(H,17,18). The van der Waals surface area contributed by atoms with Gasteiger partial charge in [0.2, 0.25) is 11.8 Å². The third-order valence-electron chi connectivity index (χ3n) is 2.59. The summed E-state index contributed by atoms with van der Waals surface area (Å²) in [5.41, 5.74) is 0.878. The maximum atomic E-state index is 12.0. The lowest BCUT2D eigenvalue weighted by Gasteiger charge is -2.04. The van der Waals surface area contributed by atoms with E-state index in [1.165, 1.54) is 18.3 Å². The molecule has 0 aliphatic rings. The van der Waals surface area contributed by atoms with Gasteiger partial charge in [-0.15, -0.1) is 11.3 Å². The third kappa shape index (κ3) is 4.28. The molecule has 2 N–H and O–H groups in total. The number of carbonyl (C=O) groups excluding carboxylic acids is 2. The third-order valence-corrected chi connectivity index (χ3v) is 3.59. The maximum absolute atomic E-state index is 12.0. The average molecular weight is 305 g/mol. The first-order valence-electron chi connectivity index (χ1n) is 6.23. The predicted octanol–water partition coefficient (Wildman–Crippen LogP) is 2.04. The monoisotopic (exact) mass is 305 g/mol. The highest BCUT2D eigenvalue weighted by Gasteiger charge is 2.09. The van der Waals surface area contributed by atoms with E-state index in [4.69, 9.17) is 4.74 Å². The lowest BCUT2D eigenvalue weighted by Crippen LogP contribution is -2.21. The largest absolute Gasteiger partial charge is 0.481 e. The molecule has 0 aromatic carbocycles. The minimum absolute atomic E-state index is 0.159. The van der Waals surface area contributed by atoms with E-state index in [0.29, 0.717) is 22.3 Å². The van der Waals surface area contributed by atoms with Crippen molar-refractivity contribution in [3.8, 4) is 5.88 Å². The van der Waals surface area contributed by atoms with Gasteiger partial charge in [-0.3, -0.25) is 9.59 Å². The second-order valence-electron chi connectivity index (χ2n) is 4.24. The fraction of sp³-hybridized carbons (Fsp3) is 0.214. The molecule has 0 bridgehead atoms. The Bertz CT molecular complexity index is 637. The van der Waals surface area contributed by atoms with E-state index in [1.54, 1.807) is 31.5 Å². The van der Waals surface area contributed by atoms with Crippen molar-refractivity contribution in [1.29, 1.82) is 0 Å². The first kappa shape index (κ1) is 15.0. The second kappa shape index (κ2) is 6.85. The molecule has 6 nitrogen and oxygen atoms in total. The van der Waals surface area contributed by atoms with Crippen LogP contribution in [0.5, 0.6) is 5.88 Å². The zero-order valence-electron chi connectivity index (χ0n) is 11.7. The van der Waals surface area contributed by atoms with E-state index in [2.05, 4.69) is 15.6 Å². The van der Waals surface area contributed by atoms with Crippen LogP contribution in [0, 0.1) is 0 Å². The van der Waals surface area contributed by atoms with Crippen LogP contribution in [0.2, 0.25) is 0 Å². The van der Waals surface area contributed by atoms with Gasteiger partial charge >= 0.3 is 0 Å². The van der Waals surface area contributed by atoms with Crippen molar-refractivity contribution >= 4 is 28.2 Å². The number of hydrogen-bond acceptors (Lipinski definition) is 5. The van der Waals surface area contributed by atoms with Crippen molar-refractivity contribution in [3.05, 3.63) is 40.9 Å². The van der Waals surface area contributed by atoms with Crippen LogP contribution in [0.15, 0.2) is 30.5 Å². The summed E-state index contributed by atoms with van der Waals surface area (Å²) in [5.74, 6) is 0.184. The molecule has 2 amide bonds. The molecule has 0 saturated carbocycles. The summed E-state index contributed by atoms with van der Waals surface area (Å²) in [5, 5.41) is 6.09. The van der Waals surface area contributed by atoms with E-state index in [-0.39, 0.29) is 11.8 Å². The molecule has 7 heteroatoms. The van der Waals surface area contributed by atoms with Gasteiger partial charge in [0.1, 0.15) is 0 Å². The zero-order chi connectivity index (χ0) is 15.2. The van der Waals surface area contributed by atoms with Gasteiger partial charge in [0, 0.05) is 25.7 Å². The number of ether oxygens (including phenoxy) is 1. The molecule has 0 fully saturated rings. The Morgan fingerprint density at radius 3 is 2.71 bits per heavy atom. The van der Waals surface area contributed by atoms with Crippen molar-refractivity contribution in [2.24, 2.45) is 0 Å². The number of nitrogens with one attached hydrogen (secondary N) is 2. The van der Waals surface area contributed by atoms with E-state index in [9.17, 15) is 9.59 Å². The SMILES string of the molecule is COc1ccc(CNC(=O)c2ccc(NC(C)=O)s2)cn1. The summed E-state index contributed by atoms with van der Waals surface area (Å²) in [6, 6.07) is 6.96. The Morgan fingerprint density at radius 1 is 1.29 bits per heavy atom. The molecule has 0 aliphatic heterocycles. The molecule has 21 heavy (non-hydrogen) atoms. The number of pyridine rings is 1. The molecule has 0 saturated heterocycles. The topological polar surface area (TPSA) is 80.3 Å². The Hall–Kier alpha value is -2.41. The number of hydrogen-bond donors (Lipinski definition) is 2. The first-order valence-corrected chi connectivity index (χ1v) is 7.04. The molecular formula is C14H15N3O3S. The summed E-state index contributed by atoms with van der Waals surface area (Å²) in [6.07, 6.45) is 1.65. The molecule has 110 valence electrons. The molecule has 2 aromatic rings. The van der Waals surface area contributed by atoms with Crippen LogP contribution in [-0.2, 0) is 11.3 Å². The van der Waals surface area contributed by atoms with E-state index in [1.807, 2.05) is 6.07 Å². The highest BCUT2D eigenvalue weighted by molar-refractivity contribution is 7.18. The smallest absolute Gasteiger partial charge is 0.261 e. The van der Waals surface area contributed by atoms with Gasteiger partial charge in [0.05, 0.1) is 17.0 Å². The van der Waals surface area contributed by atoms with Crippen LogP contribution in [0.3, 0.4) is 0 Å². The Balaban J connectivity index is 1.91. The normalized spacial score (nSPS) is 10.0. The van der Waals surface area contributed by atoms with Crippen molar-refractivity contribution < 1.29 is 14.3 Å². The lowest BCUT2D eigenvalue weighted by atomic mass is 10.3. The van der Waals surface area contributed by atoms with Crippen LogP contribution in [-0.4, -0.2) is 23.9 Å². The summed E-state index contributed by atoms with van der Waals surface area (Å²) in [7, 11) is 1.55. The number of carbonyl (C=O) groups is 2. The molecule has 2 rings (SSSR count). The van der Waals surface area contributed by atoms with Gasteiger partial charge in [0.25, 0.3) is 5.91 Å². The Labute approximate surface area is 126 Å². The van der Waals surface area contributed by atoms with Crippen LogP contribution in [0.25, 0.3) is 0 Å². The molecule has 0 aliphatic carbocycles. The molecule has 2 aromatic heterocycles. The molecule has 0 spiro atoms. The van der Waals surface area contributed by atoms with Gasteiger partial charge in [-0.2, -0.15) is 0 Å². The van der Waals surface area contributed by atoms with Crippen LogP contribution in [0.4, 0.5) is 5.00 Å². The number of anilines is 1. The highest BCUT2D eigenvalue weighted by Crippen LogP contribution is 2.21. The van der Waals surface area contributed by atoms with Gasteiger partial charge < -0.3 is 15.4 Å². The minimum Gasteiger partial charge on any atom is -0.481 e. The first-order chi connectivity index (χ1) is 10.1. The van der Waals surface area contributed by atoms with Crippen molar-refractivity contribution in [3.63, 3.8) is 0 Å². The van der Waals surface area contributed by atoms with Crippen LogP contribution in [0.1, 0.15) is 22.2 Å². The second-order valence-corrected chi connectivity index (χ2v) is 5.32. The van der Waals surface area contributed by atoms with Crippen molar-refractivity contribution in [2.75, 3.05) is 12.4 Å². The summed E-state index contributed by atoms with van der Waals surface area (Å²) >= 11 is 1.23. The Morgan fingerprint density at radius 2 is 2.10 bits per heavy atom. The minimum atomic E-state index is -0.188. The molecular weight excluding hydrogens is 290 g/mol. The van der Waals surface area contributed by atoms with Crippen molar-refractivity contribution in [1.82, 2.24) is 10.3 Å². The highest BCUT2D eigenvalue weighted by atomic mass is 32.1. The van der Waals surface area contributed by atoms with Gasteiger partial charge in [-0.1, -0.05) is 6.07 Å². The molecule has 2 heterocycles. The van der Waals surface area contributed by atoms with Crippen LogP contribution >= 0.6 is 11.3 Å². The molecule has 0 atom stereocenters. The van der Waals surface area contributed by atoms with Gasteiger partial charge in [-0.25, -0.2) is 4.98 Å². The number of methoxy groups -OCH3 is 1. The average Bonchev–Trinajstić information content (AvgIpc) is 2.93. The summed E-state index contributed by atoms with van der Waals surface area (Å²) < 4.78 is 4.97. The number of aromatic nitrogens is 1. The number of thiophene rings is 1. The van der Waals surface area contributed by atoms with Crippen LogP contribution < -0.4 is 15.4 Å². The number of amides is 2. The number of nitrogens with zero attached hydrogens (tertiary/aromatic N) is 1. The Kier molecular flexibility index (Phi) is 4.89.